The van der Waals surface area contributed by atoms with Crippen LogP contribution < -0.4 is 0 Å². The van der Waals surface area contributed by atoms with Gasteiger partial charge in [-0.25, -0.2) is 4.39 Å². The standard InChI is InChI=1S/C16H20FN3O3/c1-15(2)14(11-6-8-12(17)9-7-11)19(22)16(20(15)23)10-4-3-5-13(16)18-21/h6-9,21,23H,3-5,10H2,1-2H3/b18-13-/t16-/m1/s1. The number of nitrogens with zero attached hydrogens (tertiary/aromatic N) is 3. The Hall–Kier alpha value is -1.99. The number of halogens is 1. The van der Waals surface area contributed by atoms with Crippen molar-refractivity contribution < 1.29 is 19.5 Å². The number of rotatable bonds is 1. The van der Waals surface area contributed by atoms with E-state index in [-0.39, 0.29) is 5.71 Å². The van der Waals surface area contributed by atoms with Crippen LogP contribution in [0.3, 0.4) is 0 Å². The number of benzene rings is 1. The topological polar surface area (TPSA) is 82.1 Å². The highest BCUT2D eigenvalue weighted by atomic mass is 19.1. The molecule has 124 valence electrons. The normalized spacial score (nSPS) is 29.7. The van der Waals surface area contributed by atoms with Crippen molar-refractivity contribution in [3.05, 3.63) is 40.9 Å². The molecule has 1 heterocycles. The van der Waals surface area contributed by atoms with Crippen LogP contribution in [0.25, 0.3) is 0 Å². The molecule has 3 rings (SSSR count). The lowest BCUT2D eigenvalue weighted by atomic mass is 9.86. The van der Waals surface area contributed by atoms with E-state index in [0.29, 0.717) is 24.1 Å². The van der Waals surface area contributed by atoms with Crippen LogP contribution in [0, 0.1) is 11.0 Å². The fourth-order valence-electron chi connectivity index (χ4n) is 3.75. The summed E-state index contributed by atoms with van der Waals surface area (Å²) in [7, 11) is 0. The average Bonchev–Trinajstić information content (AvgIpc) is 2.68. The van der Waals surface area contributed by atoms with E-state index in [2.05, 4.69) is 5.16 Å². The maximum absolute atomic E-state index is 13.2. The average molecular weight is 321 g/mol. The van der Waals surface area contributed by atoms with Crippen LogP contribution in [0.4, 0.5) is 4.39 Å². The maximum atomic E-state index is 13.2. The number of hydroxylamine groups is 3. The second-order valence-electron chi connectivity index (χ2n) is 6.59. The van der Waals surface area contributed by atoms with Crippen molar-refractivity contribution in [3.63, 3.8) is 0 Å². The highest BCUT2D eigenvalue weighted by Crippen LogP contribution is 2.42. The van der Waals surface area contributed by atoms with Gasteiger partial charge < -0.3 is 15.6 Å². The van der Waals surface area contributed by atoms with Gasteiger partial charge in [0.05, 0.1) is 0 Å². The smallest absolute Gasteiger partial charge is 0.293 e. The highest BCUT2D eigenvalue weighted by molar-refractivity contribution is 6.07. The van der Waals surface area contributed by atoms with Crippen LogP contribution in [0.1, 0.15) is 45.1 Å². The molecule has 2 N–H and O–H groups in total. The van der Waals surface area contributed by atoms with E-state index in [0.717, 1.165) is 22.6 Å². The molecule has 1 aliphatic heterocycles. The summed E-state index contributed by atoms with van der Waals surface area (Å²) in [4.78, 5) is 0. The zero-order valence-corrected chi connectivity index (χ0v) is 13.2. The van der Waals surface area contributed by atoms with Crippen LogP contribution in [0.5, 0.6) is 0 Å². The first-order valence-electron chi connectivity index (χ1n) is 7.67. The van der Waals surface area contributed by atoms with Crippen molar-refractivity contribution in [2.45, 2.75) is 50.7 Å². The van der Waals surface area contributed by atoms with E-state index in [1.54, 1.807) is 13.8 Å². The van der Waals surface area contributed by atoms with Crippen molar-refractivity contribution in [1.82, 2.24) is 5.06 Å². The van der Waals surface area contributed by atoms with E-state index in [9.17, 15) is 20.0 Å². The van der Waals surface area contributed by atoms with E-state index in [1.807, 2.05) is 0 Å². The van der Waals surface area contributed by atoms with Gasteiger partial charge in [0, 0.05) is 12.0 Å². The fourth-order valence-corrected chi connectivity index (χ4v) is 3.75. The minimum atomic E-state index is -1.40. The fraction of sp³-hybridized carbons (Fsp3) is 0.500. The minimum absolute atomic E-state index is 0.256. The van der Waals surface area contributed by atoms with Gasteiger partial charge >= 0.3 is 0 Å². The molecule has 1 aromatic carbocycles. The lowest BCUT2D eigenvalue weighted by molar-refractivity contribution is -0.568. The number of hydrogen-bond acceptors (Lipinski definition) is 5. The predicted octanol–water partition coefficient (Wildman–Crippen LogP) is 2.71. The molecule has 1 aromatic rings. The summed E-state index contributed by atoms with van der Waals surface area (Å²) in [6.07, 6.45) is 2.34. The molecule has 23 heavy (non-hydrogen) atoms. The van der Waals surface area contributed by atoms with Crippen LogP contribution in [0.2, 0.25) is 0 Å². The molecule has 0 bridgehead atoms. The lowest BCUT2D eigenvalue weighted by Crippen LogP contribution is -2.60. The molecule has 0 unspecified atom stereocenters. The van der Waals surface area contributed by atoms with Gasteiger partial charge in [-0.1, -0.05) is 5.16 Å². The van der Waals surface area contributed by atoms with Crippen molar-refractivity contribution in [1.29, 1.82) is 0 Å². The van der Waals surface area contributed by atoms with E-state index in [4.69, 9.17) is 0 Å². The molecule has 6 nitrogen and oxygen atoms in total. The first-order chi connectivity index (χ1) is 10.9. The first-order valence-corrected chi connectivity index (χ1v) is 7.67. The van der Waals surface area contributed by atoms with Gasteiger partial charge in [0.2, 0.25) is 5.71 Å². The third kappa shape index (κ3) is 2.07. The maximum Gasteiger partial charge on any atom is 0.293 e. The van der Waals surface area contributed by atoms with Crippen molar-refractivity contribution >= 4 is 11.4 Å². The summed E-state index contributed by atoms with van der Waals surface area (Å²) in [6.45, 7) is 3.43. The molecule has 0 aromatic heterocycles. The van der Waals surface area contributed by atoms with Crippen molar-refractivity contribution in [2.24, 2.45) is 5.16 Å². The molecule has 0 amide bonds. The Balaban J connectivity index is 2.22. The van der Waals surface area contributed by atoms with Crippen molar-refractivity contribution in [3.8, 4) is 0 Å². The SMILES string of the molecule is CC1(C)C(c2ccc(F)cc2)=[N+]([O-])[C@]2(CCCC/C2=N/O)N1O. The molecule has 7 heteroatoms. The molecule has 1 spiro atoms. The predicted molar refractivity (Wildman–Crippen MR) is 82.3 cm³/mol. The summed E-state index contributed by atoms with van der Waals surface area (Å²) < 4.78 is 13.9. The molecule has 1 atom stereocenters. The third-order valence-electron chi connectivity index (χ3n) is 4.89. The zero-order valence-electron chi connectivity index (χ0n) is 13.2. The minimum Gasteiger partial charge on any atom is -0.622 e. The Bertz CT molecular complexity index is 684. The van der Waals surface area contributed by atoms with Crippen LogP contribution in [-0.4, -0.2) is 42.8 Å². The van der Waals surface area contributed by atoms with E-state index in [1.165, 1.54) is 24.3 Å². The molecular weight excluding hydrogens is 301 g/mol. The summed E-state index contributed by atoms with van der Waals surface area (Å²) >= 11 is 0. The second-order valence-corrected chi connectivity index (χ2v) is 6.59. The van der Waals surface area contributed by atoms with Crippen LogP contribution in [-0.2, 0) is 0 Å². The van der Waals surface area contributed by atoms with Gasteiger partial charge in [0.15, 0.2) is 0 Å². The number of hydrogen-bond donors (Lipinski definition) is 2. The van der Waals surface area contributed by atoms with Gasteiger partial charge in [0.25, 0.3) is 5.66 Å². The quantitative estimate of drug-likeness (QED) is 0.361. The zero-order chi connectivity index (χ0) is 16.8. The number of oxime groups is 1. The Kier molecular flexibility index (Phi) is 3.65. The van der Waals surface area contributed by atoms with E-state index >= 15 is 0 Å². The summed E-state index contributed by atoms with van der Waals surface area (Å²) in [5.74, 6) is -0.395. The molecule has 2 aliphatic rings. The highest BCUT2D eigenvalue weighted by Gasteiger charge is 2.65. The van der Waals surface area contributed by atoms with Crippen molar-refractivity contribution in [2.75, 3.05) is 0 Å². The molecule has 0 radical (unpaired) electrons. The Morgan fingerprint density at radius 3 is 2.52 bits per heavy atom. The largest absolute Gasteiger partial charge is 0.622 e. The van der Waals surface area contributed by atoms with Gasteiger partial charge in [-0.05, 0) is 57.4 Å². The molecule has 1 saturated carbocycles. The van der Waals surface area contributed by atoms with Crippen LogP contribution >= 0.6 is 0 Å². The van der Waals surface area contributed by atoms with E-state index < -0.39 is 17.0 Å². The molecular formula is C16H20FN3O3. The summed E-state index contributed by atoms with van der Waals surface area (Å²) in [6, 6.07) is 5.59. The Morgan fingerprint density at radius 1 is 1.26 bits per heavy atom. The van der Waals surface area contributed by atoms with Gasteiger partial charge in [-0.15, -0.1) is 5.06 Å². The van der Waals surface area contributed by atoms with Gasteiger partial charge in [0.1, 0.15) is 17.1 Å². The monoisotopic (exact) mass is 321 g/mol. The Morgan fingerprint density at radius 2 is 1.91 bits per heavy atom. The first kappa shape index (κ1) is 15.9. The van der Waals surface area contributed by atoms with Crippen LogP contribution in [0.15, 0.2) is 29.4 Å². The second kappa shape index (κ2) is 5.28. The van der Waals surface area contributed by atoms with Gasteiger partial charge in [-0.3, -0.25) is 0 Å². The third-order valence-corrected chi connectivity index (χ3v) is 4.89. The Labute approximate surface area is 133 Å². The molecule has 1 aliphatic carbocycles. The summed E-state index contributed by atoms with van der Waals surface area (Å²) in [5, 5.41) is 37.6. The van der Waals surface area contributed by atoms with Gasteiger partial charge in [-0.2, -0.15) is 4.74 Å². The molecule has 0 saturated heterocycles. The summed E-state index contributed by atoms with van der Waals surface area (Å²) in [5.41, 5.74) is -1.30. The molecule has 1 fully saturated rings. The lowest BCUT2D eigenvalue weighted by Gasteiger charge is -2.38.